The fraction of sp³-hybridized carbons (Fsp3) is 0.259. The van der Waals surface area contributed by atoms with Crippen LogP contribution in [0.15, 0.2) is 79.1 Å². The summed E-state index contributed by atoms with van der Waals surface area (Å²) in [7, 11) is 0. The molecule has 0 radical (unpaired) electrons. The van der Waals surface area contributed by atoms with Gasteiger partial charge in [-0.1, -0.05) is 69.3 Å². The second-order valence-electron chi connectivity index (χ2n) is 8.81. The summed E-state index contributed by atoms with van der Waals surface area (Å²) >= 11 is 0. The maximum absolute atomic E-state index is 9.53. The van der Waals surface area contributed by atoms with E-state index in [0.29, 0.717) is 5.75 Å². The number of benzene rings is 3. The summed E-state index contributed by atoms with van der Waals surface area (Å²) in [4.78, 5) is 0. The number of allylic oxidation sites excluding steroid dienone is 1. The zero-order valence-electron chi connectivity index (χ0n) is 17.6. The van der Waals surface area contributed by atoms with E-state index in [1.807, 2.05) is 25.1 Å². The number of aromatic hydroxyl groups is 1. The third-order valence-corrected chi connectivity index (χ3v) is 6.17. The van der Waals surface area contributed by atoms with Crippen molar-refractivity contribution in [3.8, 4) is 22.6 Å². The highest BCUT2D eigenvalue weighted by atomic mass is 16.5. The summed E-state index contributed by atoms with van der Waals surface area (Å²) in [6.45, 7) is 8.95. The molecule has 1 unspecified atom stereocenters. The molecule has 0 fully saturated rings. The normalized spacial score (nSPS) is 20.0. The van der Waals surface area contributed by atoms with Gasteiger partial charge in [-0.2, -0.15) is 0 Å². The fourth-order valence-corrected chi connectivity index (χ4v) is 4.81. The molecule has 0 saturated heterocycles. The molecular formula is C27H28O2. The van der Waals surface area contributed by atoms with Crippen molar-refractivity contribution in [1.29, 1.82) is 0 Å². The minimum absolute atomic E-state index is 0.0678. The molecule has 1 atom stereocenters. The van der Waals surface area contributed by atoms with Crippen LogP contribution in [0.4, 0.5) is 0 Å². The van der Waals surface area contributed by atoms with Crippen LogP contribution in [0.2, 0.25) is 0 Å². The molecule has 0 aliphatic heterocycles. The maximum Gasteiger partial charge on any atom is 0.126 e. The lowest BCUT2D eigenvalue weighted by Crippen LogP contribution is -2.23. The molecule has 1 aliphatic carbocycles. The second-order valence-corrected chi connectivity index (χ2v) is 8.81. The number of rotatable bonds is 4. The van der Waals surface area contributed by atoms with Gasteiger partial charge in [-0.3, -0.25) is 0 Å². The molecule has 1 N–H and O–H groups in total. The van der Waals surface area contributed by atoms with Crippen molar-refractivity contribution in [3.63, 3.8) is 0 Å². The lowest BCUT2D eigenvalue weighted by molar-refractivity contribution is 0.424. The highest BCUT2D eigenvalue weighted by Crippen LogP contribution is 2.53. The average molecular weight is 385 g/mol. The Morgan fingerprint density at radius 2 is 1.45 bits per heavy atom. The Balaban J connectivity index is 1.74. The first kappa shape index (κ1) is 19.3. The lowest BCUT2D eigenvalue weighted by Gasteiger charge is -2.28. The third-order valence-electron chi connectivity index (χ3n) is 6.17. The number of hydrogen-bond acceptors (Lipinski definition) is 2. The predicted molar refractivity (Wildman–Crippen MR) is 120 cm³/mol. The van der Waals surface area contributed by atoms with Crippen LogP contribution < -0.4 is 4.74 Å². The van der Waals surface area contributed by atoms with E-state index in [1.165, 1.54) is 16.7 Å². The van der Waals surface area contributed by atoms with Crippen LogP contribution in [0.5, 0.6) is 11.5 Å². The van der Waals surface area contributed by atoms with Crippen LogP contribution in [0.1, 0.15) is 50.8 Å². The summed E-state index contributed by atoms with van der Waals surface area (Å²) in [5.74, 6) is 1.17. The van der Waals surface area contributed by atoms with E-state index in [9.17, 15) is 5.11 Å². The van der Waals surface area contributed by atoms with Crippen LogP contribution in [0.25, 0.3) is 11.1 Å². The standard InChI is InChI=1S/C27H28O2/c1-5-16-29-23-14-15-24-25(17-23)27(4,18-26(24,2)3)21-10-6-19(7-11-21)20-8-12-22(28)13-9-20/h5-17,28H,18H2,1-4H3/b16-5+. The van der Waals surface area contributed by atoms with Gasteiger partial charge in [0.25, 0.3) is 0 Å². The second kappa shape index (κ2) is 7.11. The Bertz CT molecular complexity index is 1040. The van der Waals surface area contributed by atoms with Gasteiger partial charge in [0.2, 0.25) is 0 Å². The fourth-order valence-electron chi connectivity index (χ4n) is 4.81. The molecule has 0 saturated carbocycles. The molecule has 2 nitrogen and oxygen atoms in total. The van der Waals surface area contributed by atoms with Gasteiger partial charge in [-0.15, -0.1) is 0 Å². The van der Waals surface area contributed by atoms with E-state index < -0.39 is 0 Å². The van der Waals surface area contributed by atoms with Gasteiger partial charge in [0.1, 0.15) is 11.5 Å². The average Bonchev–Trinajstić information content (AvgIpc) is 2.93. The minimum atomic E-state index is -0.0678. The number of phenols is 1. The number of fused-ring (bicyclic) bond motifs is 1. The Kier molecular flexibility index (Phi) is 4.74. The van der Waals surface area contributed by atoms with E-state index in [2.05, 4.69) is 63.2 Å². The van der Waals surface area contributed by atoms with Crippen LogP contribution in [0.3, 0.4) is 0 Å². The first-order valence-corrected chi connectivity index (χ1v) is 10.2. The van der Waals surface area contributed by atoms with E-state index >= 15 is 0 Å². The number of hydrogen-bond donors (Lipinski definition) is 1. The molecule has 0 aromatic heterocycles. The molecule has 148 valence electrons. The van der Waals surface area contributed by atoms with E-state index in [0.717, 1.165) is 23.3 Å². The summed E-state index contributed by atoms with van der Waals surface area (Å²) in [5, 5.41) is 9.53. The summed E-state index contributed by atoms with van der Waals surface area (Å²) in [6.07, 6.45) is 4.69. The molecule has 29 heavy (non-hydrogen) atoms. The molecule has 1 aliphatic rings. The van der Waals surface area contributed by atoms with Crippen LogP contribution in [-0.4, -0.2) is 5.11 Å². The smallest absolute Gasteiger partial charge is 0.126 e. The summed E-state index contributed by atoms with van der Waals surface area (Å²) in [6, 6.07) is 22.7. The van der Waals surface area contributed by atoms with Crippen molar-refractivity contribution in [1.82, 2.24) is 0 Å². The molecule has 0 spiro atoms. The molecule has 2 heteroatoms. The molecule has 3 aromatic rings. The van der Waals surface area contributed by atoms with Crippen molar-refractivity contribution >= 4 is 0 Å². The maximum atomic E-state index is 9.53. The minimum Gasteiger partial charge on any atom is -0.508 e. The molecule has 0 bridgehead atoms. The molecule has 0 amide bonds. The first-order chi connectivity index (χ1) is 13.8. The largest absolute Gasteiger partial charge is 0.508 e. The van der Waals surface area contributed by atoms with Gasteiger partial charge in [0.05, 0.1) is 6.26 Å². The Labute approximate surface area is 173 Å². The monoisotopic (exact) mass is 384 g/mol. The van der Waals surface area contributed by atoms with Crippen molar-refractivity contribution in [2.24, 2.45) is 0 Å². The SMILES string of the molecule is C/C=C/Oc1ccc2c(c1)C(C)(c1ccc(-c3ccc(O)cc3)cc1)CC2(C)C. The van der Waals surface area contributed by atoms with Crippen LogP contribution in [-0.2, 0) is 10.8 Å². The van der Waals surface area contributed by atoms with Gasteiger partial charge in [-0.05, 0) is 70.8 Å². The molecule has 3 aromatic carbocycles. The van der Waals surface area contributed by atoms with E-state index in [1.54, 1.807) is 18.4 Å². The van der Waals surface area contributed by atoms with Gasteiger partial charge >= 0.3 is 0 Å². The van der Waals surface area contributed by atoms with Crippen LogP contribution >= 0.6 is 0 Å². The van der Waals surface area contributed by atoms with Gasteiger partial charge < -0.3 is 9.84 Å². The lowest BCUT2D eigenvalue weighted by atomic mass is 9.75. The number of phenolic OH excluding ortho intramolecular Hbond substituents is 1. The molecular weight excluding hydrogens is 356 g/mol. The summed E-state index contributed by atoms with van der Waals surface area (Å²) in [5.41, 5.74) is 6.36. The van der Waals surface area contributed by atoms with Crippen molar-refractivity contribution in [2.45, 2.75) is 44.9 Å². The van der Waals surface area contributed by atoms with E-state index in [4.69, 9.17) is 4.74 Å². The van der Waals surface area contributed by atoms with Crippen molar-refractivity contribution in [2.75, 3.05) is 0 Å². The van der Waals surface area contributed by atoms with E-state index in [-0.39, 0.29) is 10.8 Å². The number of ether oxygens (including phenoxy) is 1. The predicted octanol–water partition coefficient (Wildman–Crippen LogP) is 6.96. The van der Waals surface area contributed by atoms with Gasteiger partial charge in [0, 0.05) is 5.41 Å². The topological polar surface area (TPSA) is 29.5 Å². The van der Waals surface area contributed by atoms with Crippen molar-refractivity contribution < 1.29 is 9.84 Å². The van der Waals surface area contributed by atoms with Gasteiger partial charge in [0.15, 0.2) is 0 Å². The van der Waals surface area contributed by atoms with Gasteiger partial charge in [-0.25, -0.2) is 0 Å². The Morgan fingerprint density at radius 1 is 0.828 bits per heavy atom. The summed E-state index contributed by atoms with van der Waals surface area (Å²) < 4.78 is 5.76. The van der Waals surface area contributed by atoms with Crippen LogP contribution in [0, 0.1) is 0 Å². The highest BCUT2D eigenvalue weighted by Gasteiger charge is 2.45. The van der Waals surface area contributed by atoms with Crippen molar-refractivity contribution in [3.05, 3.63) is 95.8 Å². The quantitative estimate of drug-likeness (QED) is 0.493. The zero-order valence-corrected chi connectivity index (χ0v) is 17.6. The Morgan fingerprint density at radius 3 is 2.07 bits per heavy atom. The Hall–Kier alpha value is -3.00. The molecule has 4 rings (SSSR count). The zero-order chi connectivity index (χ0) is 20.6. The molecule has 0 heterocycles. The highest BCUT2D eigenvalue weighted by molar-refractivity contribution is 5.65. The first-order valence-electron chi connectivity index (χ1n) is 10.2. The third kappa shape index (κ3) is 3.44.